The van der Waals surface area contributed by atoms with Crippen molar-refractivity contribution in [3.8, 4) is 5.75 Å². The molecule has 0 saturated heterocycles. The van der Waals surface area contributed by atoms with Crippen molar-refractivity contribution in [2.24, 2.45) is 0 Å². The molecule has 1 nitrogen and oxygen atoms in total. The number of alkyl halides is 2. The number of benzene rings is 1. The molecule has 1 aliphatic rings. The first-order chi connectivity index (χ1) is 7.32. The van der Waals surface area contributed by atoms with E-state index in [-0.39, 0.29) is 24.0 Å². The van der Waals surface area contributed by atoms with Crippen LogP contribution >= 0.6 is 0 Å². The third-order valence-corrected chi connectivity index (χ3v) is 2.88. The van der Waals surface area contributed by atoms with Crippen LogP contribution in [0, 0.1) is 0 Å². The fourth-order valence-corrected chi connectivity index (χ4v) is 1.99. The van der Waals surface area contributed by atoms with Gasteiger partial charge in [0.05, 0.1) is 18.6 Å². The highest BCUT2D eigenvalue weighted by Crippen LogP contribution is 2.45. The zero-order chi connectivity index (χ0) is 12.0. The second kappa shape index (κ2) is 3.44. The Hall–Kier alpha value is -1.12. The minimum atomic E-state index is -2.76. The molecule has 0 spiro atoms. The van der Waals surface area contributed by atoms with Crippen LogP contribution in [-0.4, -0.2) is 6.61 Å². The molecule has 0 atom stereocenters. The highest BCUT2D eigenvalue weighted by Gasteiger charge is 2.40. The first-order valence-electron chi connectivity index (χ1n) is 5.47. The van der Waals surface area contributed by atoms with Crippen molar-refractivity contribution in [3.63, 3.8) is 0 Å². The summed E-state index contributed by atoms with van der Waals surface area (Å²) in [5.74, 6) is -2.37. The Labute approximate surface area is 94.4 Å². The molecule has 1 heterocycles. The molecule has 0 unspecified atom stereocenters. The summed E-state index contributed by atoms with van der Waals surface area (Å²) in [6.07, 6.45) is -0.229. The van der Waals surface area contributed by atoms with Crippen LogP contribution in [0.1, 0.15) is 38.3 Å². The molecule has 1 aromatic carbocycles. The Morgan fingerprint density at radius 1 is 1.25 bits per heavy atom. The van der Waals surface area contributed by atoms with Gasteiger partial charge in [-0.2, -0.15) is 0 Å². The van der Waals surface area contributed by atoms with Crippen LogP contribution in [0.15, 0.2) is 18.2 Å². The van der Waals surface area contributed by atoms with Crippen LogP contribution in [-0.2, 0) is 11.3 Å². The molecule has 0 aliphatic carbocycles. The van der Waals surface area contributed by atoms with Gasteiger partial charge in [0.15, 0.2) is 0 Å². The lowest BCUT2D eigenvalue weighted by Crippen LogP contribution is -2.26. The molecule has 16 heavy (non-hydrogen) atoms. The SMILES string of the molecule is CC(C)(C)c1cccc2c1OCCC2(F)F. The van der Waals surface area contributed by atoms with Crippen LogP contribution in [0.2, 0.25) is 0 Å². The Morgan fingerprint density at radius 3 is 2.56 bits per heavy atom. The summed E-state index contributed by atoms with van der Waals surface area (Å²) in [4.78, 5) is 0. The molecule has 0 amide bonds. The summed E-state index contributed by atoms with van der Waals surface area (Å²) in [6.45, 7) is 6.09. The van der Waals surface area contributed by atoms with Gasteiger partial charge in [0.1, 0.15) is 5.75 Å². The standard InChI is InChI=1S/C13H16F2O/c1-12(2,3)9-5-4-6-10-11(9)16-8-7-13(10,14)15/h4-6H,7-8H2,1-3H3. The van der Waals surface area contributed by atoms with Gasteiger partial charge in [-0.3, -0.25) is 0 Å². The van der Waals surface area contributed by atoms with Crippen molar-refractivity contribution in [3.05, 3.63) is 29.3 Å². The molecule has 0 fully saturated rings. The zero-order valence-corrected chi connectivity index (χ0v) is 9.81. The number of halogens is 2. The molecule has 0 N–H and O–H groups in total. The summed E-state index contributed by atoms with van der Waals surface area (Å²) in [6, 6.07) is 5.01. The first kappa shape index (κ1) is 11.4. The molecular weight excluding hydrogens is 210 g/mol. The third-order valence-electron chi connectivity index (χ3n) is 2.88. The maximum absolute atomic E-state index is 13.7. The fraction of sp³-hybridized carbons (Fsp3) is 0.538. The van der Waals surface area contributed by atoms with E-state index in [9.17, 15) is 8.78 Å². The van der Waals surface area contributed by atoms with E-state index in [1.165, 1.54) is 6.07 Å². The minimum absolute atomic E-state index is 0.0335. The van der Waals surface area contributed by atoms with Crippen molar-refractivity contribution in [2.75, 3.05) is 6.61 Å². The van der Waals surface area contributed by atoms with E-state index in [1.54, 1.807) is 6.07 Å². The third kappa shape index (κ3) is 1.79. The molecule has 88 valence electrons. The van der Waals surface area contributed by atoms with Crippen LogP contribution < -0.4 is 4.74 Å². The molecule has 1 aliphatic heterocycles. The fourth-order valence-electron chi connectivity index (χ4n) is 1.99. The summed E-state index contributed by atoms with van der Waals surface area (Å²) >= 11 is 0. The summed E-state index contributed by atoms with van der Waals surface area (Å²) < 4.78 is 32.8. The molecule has 0 radical (unpaired) electrons. The van der Waals surface area contributed by atoms with Gasteiger partial charge >= 0.3 is 0 Å². The average Bonchev–Trinajstić information content (AvgIpc) is 2.15. The lowest BCUT2D eigenvalue weighted by atomic mass is 9.83. The highest BCUT2D eigenvalue weighted by molar-refractivity contribution is 5.48. The van der Waals surface area contributed by atoms with Crippen molar-refractivity contribution in [1.82, 2.24) is 0 Å². The van der Waals surface area contributed by atoms with E-state index in [4.69, 9.17) is 4.74 Å². The molecule has 3 heteroatoms. The van der Waals surface area contributed by atoms with Gasteiger partial charge in [0.2, 0.25) is 0 Å². The first-order valence-corrected chi connectivity index (χ1v) is 5.47. The number of fused-ring (bicyclic) bond motifs is 1. The van der Waals surface area contributed by atoms with Crippen molar-refractivity contribution >= 4 is 0 Å². The summed E-state index contributed by atoms with van der Waals surface area (Å²) in [5, 5.41) is 0. The van der Waals surface area contributed by atoms with Gasteiger partial charge in [0, 0.05) is 0 Å². The molecule has 0 saturated carbocycles. The second-order valence-corrected chi connectivity index (χ2v) is 5.24. The van der Waals surface area contributed by atoms with Gasteiger partial charge < -0.3 is 4.74 Å². The average molecular weight is 226 g/mol. The number of hydrogen-bond acceptors (Lipinski definition) is 1. The normalized spacial score (nSPS) is 18.8. The summed E-state index contributed by atoms with van der Waals surface area (Å²) in [7, 11) is 0. The zero-order valence-electron chi connectivity index (χ0n) is 9.81. The van der Waals surface area contributed by atoms with Gasteiger partial charge in [-0.25, -0.2) is 8.78 Å². The van der Waals surface area contributed by atoms with Crippen molar-refractivity contribution in [2.45, 2.75) is 38.5 Å². The predicted octanol–water partition coefficient (Wildman–Crippen LogP) is 3.86. The molecule has 2 rings (SSSR count). The Balaban J connectivity index is 2.61. The van der Waals surface area contributed by atoms with Crippen LogP contribution in [0.4, 0.5) is 8.78 Å². The Bertz CT molecular complexity index is 391. The lowest BCUT2D eigenvalue weighted by molar-refractivity contribution is -0.0409. The monoisotopic (exact) mass is 226 g/mol. The van der Waals surface area contributed by atoms with Crippen LogP contribution in [0.25, 0.3) is 0 Å². The number of hydrogen-bond donors (Lipinski definition) is 0. The number of para-hydroxylation sites is 1. The van der Waals surface area contributed by atoms with Crippen molar-refractivity contribution < 1.29 is 13.5 Å². The predicted molar refractivity (Wildman–Crippen MR) is 59.1 cm³/mol. The van der Waals surface area contributed by atoms with Gasteiger partial charge in [0.25, 0.3) is 5.92 Å². The maximum Gasteiger partial charge on any atom is 0.280 e. The quantitative estimate of drug-likeness (QED) is 0.652. The summed E-state index contributed by atoms with van der Waals surface area (Å²) in [5.41, 5.74) is 0.703. The van der Waals surface area contributed by atoms with E-state index < -0.39 is 5.92 Å². The van der Waals surface area contributed by atoms with E-state index in [2.05, 4.69) is 0 Å². The van der Waals surface area contributed by atoms with E-state index >= 15 is 0 Å². The van der Waals surface area contributed by atoms with E-state index in [0.717, 1.165) is 5.56 Å². The smallest absolute Gasteiger partial charge is 0.280 e. The Kier molecular flexibility index (Phi) is 2.44. The van der Waals surface area contributed by atoms with E-state index in [0.29, 0.717) is 5.75 Å². The molecular formula is C13H16F2O. The number of ether oxygens (including phenoxy) is 1. The molecule has 0 aromatic heterocycles. The largest absolute Gasteiger partial charge is 0.493 e. The maximum atomic E-state index is 13.7. The van der Waals surface area contributed by atoms with Gasteiger partial charge in [-0.05, 0) is 17.0 Å². The minimum Gasteiger partial charge on any atom is -0.493 e. The van der Waals surface area contributed by atoms with Crippen LogP contribution in [0.3, 0.4) is 0 Å². The van der Waals surface area contributed by atoms with E-state index in [1.807, 2.05) is 26.8 Å². The molecule has 0 bridgehead atoms. The van der Waals surface area contributed by atoms with Gasteiger partial charge in [-0.15, -0.1) is 0 Å². The van der Waals surface area contributed by atoms with Crippen LogP contribution in [0.5, 0.6) is 5.75 Å². The lowest BCUT2D eigenvalue weighted by Gasteiger charge is -2.31. The number of rotatable bonds is 0. The van der Waals surface area contributed by atoms with Gasteiger partial charge in [-0.1, -0.05) is 32.9 Å². The molecule has 1 aromatic rings. The topological polar surface area (TPSA) is 9.23 Å². The van der Waals surface area contributed by atoms with Crippen molar-refractivity contribution in [1.29, 1.82) is 0 Å². The second-order valence-electron chi connectivity index (χ2n) is 5.24. The Morgan fingerprint density at radius 2 is 1.94 bits per heavy atom. The highest BCUT2D eigenvalue weighted by atomic mass is 19.3.